The van der Waals surface area contributed by atoms with Crippen molar-refractivity contribution < 1.29 is 4.79 Å². The predicted molar refractivity (Wildman–Crippen MR) is 97.8 cm³/mol. The number of amides is 1. The molecule has 0 bridgehead atoms. The number of hydrogen-bond donors (Lipinski definition) is 2. The standard InChI is InChI=1S/C17H24N6O.ClH/c1-13(19-16(24)8-7-14-9-11-18-12-10-14)17-20-21-22-23(17)15-5-3-2-4-6-15;/h2-6,13-14,18H,7-12H2,1H3,(H,19,24);1H. The van der Waals surface area contributed by atoms with E-state index in [0.717, 1.165) is 38.0 Å². The Morgan fingerprint density at radius 1 is 1.32 bits per heavy atom. The molecule has 136 valence electrons. The lowest BCUT2D eigenvalue weighted by Gasteiger charge is -2.22. The molecule has 1 aliphatic heterocycles. The molecular formula is C17H25ClN6O. The summed E-state index contributed by atoms with van der Waals surface area (Å²) in [4.78, 5) is 12.2. The van der Waals surface area contributed by atoms with E-state index in [1.165, 1.54) is 0 Å². The molecule has 7 nitrogen and oxygen atoms in total. The predicted octanol–water partition coefficient (Wildman–Crippen LogP) is 2.04. The highest BCUT2D eigenvalue weighted by Crippen LogP contribution is 2.18. The number of para-hydroxylation sites is 1. The van der Waals surface area contributed by atoms with Gasteiger partial charge in [-0.1, -0.05) is 18.2 Å². The second-order valence-corrected chi connectivity index (χ2v) is 6.31. The van der Waals surface area contributed by atoms with Crippen LogP contribution in [0.15, 0.2) is 30.3 Å². The first kappa shape index (κ1) is 19.3. The van der Waals surface area contributed by atoms with Gasteiger partial charge in [0.1, 0.15) is 0 Å². The number of nitrogens with one attached hydrogen (secondary N) is 2. The molecule has 2 heterocycles. The van der Waals surface area contributed by atoms with Crippen molar-refractivity contribution in [1.82, 2.24) is 30.8 Å². The van der Waals surface area contributed by atoms with Crippen molar-refractivity contribution in [3.8, 4) is 5.69 Å². The third-order valence-electron chi connectivity index (χ3n) is 4.50. The smallest absolute Gasteiger partial charge is 0.220 e. The largest absolute Gasteiger partial charge is 0.346 e. The van der Waals surface area contributed by atoms with E-state index in [4.69, 9.17) is 0 Å². The molecular weight excluding hydrogens is 340 g/mol. The van der Waals surface area contributed by atoms with Gasteiger partial charge in [-0.2, -0.15) is 4.68 Å². The Labute approximate surface area is 154 Å². The van der Waals surface area contributed by atoms with Crippen LogP contribution in [0.25, 0.3) is 5.69 Å². The lowest BCUT2D eigenvalue weighted by Crippen LogP contribution is -2.31. The van der Waals surface area contributed by atoms with Gasteiger partial charge in [0.25, 0.3) is 0 Å². The summed E-state index contributed by atoms with van der Waals surface area (Å²) in [5.74, 6) is 1.35. The van der Waals surface area contributed by atoms with Crippen LogP contribution in [0.4, 0.5) is 0 Å². The van der Waals surface area contributed by atoms with E-state index in [2.05, 4.69) is 26.2 Å². The highest BCUT2D eigenvalue weighted by molar-refractivity contribution is 5.85. The Kier molecular flexibility index (Phi) is 7.33. The Morgan fingerprint density at radius 3 is 2.76 bits per heavy atom. The zero-order valence-corrected chi connectivity index (χ0v) is 15.2. The minimum atomic E-state index is -0.235. The monoisotopic (exact) mass is 364 g/mol. The van der Waals surface area contributed by atoms with Gasteiger partial charge in [0.2, 0.25) is 5.91 Å². The molecule has 3 rings (SSSR count). The van der Waals surface area contributed by atoms with E-state index < -0.39 is 0 Å². The van der Waals surface area contributed by atoms with E-state index in [0.29, 0.717) is 18.2 Å². The molecule has 25 heavy (non-hydrogen) atoms. The zero-order chi connectivity index (χ0) is 16.8. The van der Waals surface area contributed by atoms with Gasteiger partial charge in [-0.25, -0.2) is 0 Å². The number of piperidine rings is 1. The molecule has 1 atom stereocenters. The second-order valence-electron chi connectivity index (χ2n) is 6.31. The fraction of sp³-hybridized carbons (Fsp3) is 0.529. The van der Waals surface area contributed by atoms with Crippen molar-refractivity contribution in [1.29, 1.82) is 0 Å². The number of nitrogens with zero attached hydrogens (tertiary/aromatic N) is 4. The summed E-state index contributed by atoms with van der Waals surface area (Å²) < 4.78 is 1.66. The molecule has 1 saturated heterocycles. The minimum absolute atomic E-state index is 0. The molecule has 0 spiro atoms. The average Bonchev–Trinajstić information content (AvgIpc) is 3.11. The van der Waals surface area contributed by atoms with Crippen LogP contribution in [0.1, 0.15) is 44.5 Å². The number of aromatic nitrogens is 4. The Morgan fingerprint density at radius 2 is 2.04 bits per heavy atom. The number of tetrazole rings is 1. The summed E-state index contributed by atoms with van der Waals surface area (Å²) in [6.07, 6.45) is 3.83. The molecule has 0 saturated carbocycles. The van der Waals surface area contributed by atoms with Gasteiger partial charge in [0.05, 0.1) is 11.7 Å². The maximum Gasteiger partial charge on any atom is 0.220 e. The number of carbonyl (C=O) groups is 1. The third-order valence-corrected chi connectivity index (χ3v) is 4.50. The maximum absolute atomic E-state index is 12.2. The van der Waals surface area contributed by atoms with Gasteiger partial charge in [-0.15, -0.1) is 17.5 Å². The molecule has 1 unspecified atom stereocenters. The van der Waals surface area contributed by atoms with Crippen molar-refractivity contribution in [2.45, 2.75) is 38.6 Å². The molecule has 1 amide bonds. The first-order valence-corrected chi connectivity index (χ1v) is 8.58. The molecule has 2 aromatic rings. The number of halogens is 1. The fourth-order valence-electron chi connectivity index (χ4n) is 3.10. The fourth-order valence-corrected chi connectivity index (χ4v) is 3.10. The maximum atomic E-state index is 12.2. The normalized spacial score (nSPS) is 16.0. The molecule has 1 fully saturated rings. The number of benzene rings is 1. The Bertz CT molecular complexity index is 656. The Hall–Kier alpha value is -1.99. The van der Waals surface area contributed by atoms with Crippen LogP contribution in [0.2, 0.25) is 0 Å². The van der Waals surface area contributed by atoms with Crippen LogP contribution in [-0.4, -0.2) is 39.2 Å². The van der Waals surface area contributed by atoms with E-state index in [1.54, 1.807) is 4.68 Å². The highest BCUT2D eigenvalue weighted by atomic mass is 35.5. The van der Waals surface area contributed by atoms with Crippen LogP contribution in [0.5, 0.6) is 0 Å². The van der Waals surface area contributed by atoms with E-state index in [-0.39, 0.29) is 24.4 Å². The van der Waals surface area contributed by atoms with Gasteiger partial charge in [-0.3, -0.25) is 4.79 Å². The molecule has 0 aliphatic carbocycles. The Balaban J connectivity index is 0.00000225. The number of hydrogen-bond acceptors (Lipinski definition) is 5. The molecule has 1 aliphatic rings. The molecule has 8 heteroatoms. The second kappa shape index (κ2) is 9.48. The highest BCUT2D eigenvalue weighted by Gasteiger charge is 2.19. The summed E-state index contributed by atoms with van der Waals surface area (Å²) in [6, 6.07) is 9.45. The lowest BCUT2D eigenvalue weighted by molar-refractivity contribution is -0.122. The van der Waals surface area contributed by atoms with Crippen LogP contribution >= 0.6 is 12.4 Å². The van der Waals surface area contributed by atoms with Crippen LogP contribution in [0, 0.1) is 5.92 Å². The van der Waals surface area contributed by atoms with E-state index in [9.17, 15) is 4.79 Å². The average molecular weight is 365 g/mol. The van der Waals surface area contributed by atoms with Gasteiger partial charge < -0.3 is 10.6 Å². The summed E-state index contributed by atoms with van der Waals surface area (Å²) in [5.41, 5.74) is 0.883. The molecule has 2 N–H and O–H groups in total. The molecule has 1 aromatic heterocycles. The van der Waals surface area contributed by atoms with Crippen molar-refractivity contribution in [3.05, 3.63) is 36.2 Å². The van der Waals surface area contributed by atoms with E-state index >= 15 is 0 Å². The zero-order valence-electron chi connectivity index (χ0n) is 14.4. The summed E-state index contributed by atoms with van der Waals surface area (Å²) in [7, 11) is 0. The SMILES string of the molecule is CC(NC(=O)CCC1CCNCC1)c1nnnn1-c1ccccc1.Cl. The quantitative estimate of drug-likeness (QED) is 0.819. The number of carbonyl (C=O) groups excluding carboxylic acids is 1. The number of rotatable bonds is 6. The van der Waals surface area contributed by atoms with Crippen LogP contribution in [-0.2, 0) is 4.79 Å². The van der Waals surface area contributed by atoms with Gasteiger partial charge in [-0.05, 0) is 67.8 Å². The topological polar surface area (TPSA) is 84.7 Å². The first-order valence-electron chi connectivity index (χ1n) is 8.58. The van der Waals surface area contributed by atoms with Gasteiger partial charge in [0, 0.05) is 6.42 Å². The van der Waals surface area contributed by atoms with Crippen molar-refractivity contribution in [2.24, 2.45) is 5.92 Å². The van der Waals surface area contributed by atoms with Gasteiger partial charge in [0.15, 0.2) is 5.82 Å². The van der Waals surface area contributed by atoms with E-state index in [1.807, 2.05) is 37.3 Å². The third kappa shape index (κ3) is 5.24. The van der Waals surface area contributed by atoms with Crippen LogP contribution < -0.4 is 10.6 Å². The van der Waals surface area contributed by atoms with Crippen molar-refractivity contribution >= 4 is 18.3 Å². The summed E-state index contributed by atoms with van der Waals surface area (Å²) >= 11 is 0. The molecule has 0 radical (unpaired) electrons. The van der Waals surface area contributed by atoms with Gasteiger partial charge >= 0.3 is 0 Å². The first-order chi connectivity index (χ1) is 11.7. The lowest BCUT2D eigenvalue weighted by atomic mass is 9.93. The summed E-state index contributed by atoms with van der Waals surface area (Å²) in [6.45, 7) is 4.04. The van der Waals surface area contributed by atoms with Crippen LogP contribution in [0.3, 0.4) is 0 Å². The minimum Gasteiger partial charge on any atom is -0.346 e. The van der Waals surface area contributed by atoms with Crippen molar-refractivity contribution in [2.75, 3.05) is 13.1 Å². The molecule has 1 aromatic carbocycles. The summed E-state index contributed by atoms with van der Waals surface area (Å²) in [5, 5.41) is 18.2. The van der Waals surface area contributed by atoms with Crippen molar-refractivity contribution in [3.63, 3.8) is 0 Å².